The van der Waals surface area contributed by atoms with Crippen LogP contribution in [0.4, 0.5) is 5.69 Å². The number of nitrogens with one attached hydrogen (secondary N) is 1. The van der Waals surface area contributed by atoms with E-state index < -0.39 is 0 Å². The Bertz CT molecular complexity index is 492. The summed E-state index contributed by atoms with van der Waals surface area (Å²) in [6.07, 6.45) is 3.92. The van der Waals surface area contributed by atoms with Crippen molar-refractivity contribution in [1.82, 2.24) is 4.98 Å². The Labute approximate surface area is 99.7 Å². The van der Waals surface area contributed by atoms with E-state index in [1.165, 1.54) is 6.39 Å². The molecule has 2 aromatic rings. The lowest BCUT2D eigenvalue weighted by Gasteiger charge is -2.07. The van der Waals surface area contributed by atoms with E-state index in [1.807, 2.05) is 31.2 Å². The van der Waals surface area contributed by atoms with E-state index >= 15 is 0 Å². The number of rotatable bonds is 4. The summed E-state index contributed by atoms with van der Waals surface area (Å²) in [4.78, 5) is 15.7. The van der Waals surface area contributed by atoms with Crippen LogP contribution in [0.3, 0.4) is 0 Å². The van der Waals surface area contributed by atoms with E-state index in [0.29, 0.717) is 12.8 Å². The third kappa shape index (κ3) is 3.17. The monoisotopic (exact) mass is 230 g/mol. The highest BCUT2D eigenvalue weighted by atomic mass is 16.3. The Morgan fingerprint density at radius 2 is 2.24 bits per heavy atom. The Morgan fingerprint density at radius 3 is 2.94 bits per heavy atom. The molecule has 0 aliphatic rings. The van der Waals surface area contributed by atoms with Crippen LogP contribution in [-0.2, 0) is 11.2 Å². The zero-order valence-corrected chi connectivity index (χ0v) is 9.64. The first-order valence-electron chi connectivity index (χ1n) is 5.48. The minimum absolute atomic E-state index is 0.0118. The highest BCUT2D eigenvalue weighted by Crippen LogP contribution is 2.13. The molecule has 17 heavy (non-hydrogen) atoms. The second kappa shape index (κ2) is 5.30. The summed E-state index contributed by atoms with van der Waals surface area (Å²) in [6.45, 7) is 1.97. The molecule has 0 saturated carbocycles. The van der Waals surface area contributed by atoms with Gasteiger partial charge < -0.3 is 9.73 Å². The van der Waals surface area contributed by atoms with E-state index in [1.54, 1.807) is 6.26 Å². The number of nitrogens with zero attached hydrogens (tertiary/aromatic N) is 1. The predicted octanol–water partition coefficient (Wildman–Crippen LogP) is 2.55. The van der Waals surface area contributed by atoms with Crippen molar-refractivity contribution in [2.75, 3.05) is 5.32 Å². The van der Waals surface area contributed by atoms with Crippen molar-refractivity contribution < 1.29 is 9.21 Å². The second-order valence-corrected chi connectivity index (χ2v) is 3.84. The highest BCUT2D eigenvalue weighted by Gasteiger charge is 2.05. The van der Waals surface area contributed by atoms with Gasteiger partial charge in [-0.05, 0) is 18.6 Å². The number of aryl methyl sites for hydroxylation is 2. The summed E-state index contributed by atoms with van der Waals surface area (Å²) in [6, 6.07) is 7.71. The number of aromatic nitrogens is 1. The van der Waals surface area contributed by atoms with Crippen molar-refractivity contribution >= 4 is 11.6 Å². The largest absolute Gasteiger partial charge is 0.451 e. The number of carbonyl (C=O) groups is 1. The summed E-state index contributed by atoms with van der Waals surface area (Å²) < 4.78 is 4.84. The minimum Gasteiger partial charge on any atom is -0.451 e. The van der Waals surface area contributed by atoms with Gasteiger partial charge in [0.15, 0.2) is 6.39 Å². The molecule has 0 bridgehead atoms. The van der Waals surface area contributed by atoms with Gasteiger partial charge in [0.2, 0.25) is 5.91 Å². The fourth-order valence-electron chi connectivity index (χ4n) is 1.53. The summed E-state index contributed by atoms with van der Waals surface area (Å²) in [5.41, 5.74) is 2.71. The summed E-state index contributed by atoms with van der Waals surface area (Å²) in [7, 11) is 0. The molecule has 0 saturated heterocycles. The predicted molar refractivity (Wildman–Crippen MR) is 64.6 cm³/mol. The molecule has 4 nitrogen and oxygen atoms in total. The Morgan fingerprint density at radius 1 is 1.41 bits per heavy atom. The fraction of sp³-hybridized carbons (Fsp3) is 0.231. The van der Waals surface area contributed by atoms with Crippen molar-refractivity contribution in [3.63, 3.8) is 0 Å². The van der Waals surface area contributed by atoms with Crippen LogP contribution in [0.15, 0.2) is 41.3 Å². The Hall–Kier alpha value is -2.10. The second-order valence-electron chi connectivity index (χ2n) is 3.84. The number of carbonyl (C=O) groups excluding carboxylic acids is 1. The van der Waals surface area contributed by atoms with Gasteiger partial charge in [-0.15, -0.1) is 0 Å². The molecular weight excluding hydrogens is 216 g/mol. The van der Waals surface area contributed by atoms with Crippen molar-refractivity contribution in [2.45, 2.75) is 19.8 Å². The third-order valence-corrected chi connectivity index (χ3v) is 2.51. The van der Waals surface area contributed by atoms with E-state index in [0.717, 1.165) is 16.9 Å². The van der Waals surface area contributed by atoms with Crippen LogP contribution in [0, 0.1) is 6.92 Å². The molecule has 88 valence electrons. The molecule has 0 radical (unpaired) electrons. The number of hydrogen-bond donors (Lipinski definition) is 1. The topological polar surface area (TPSA) is 55.1 Å². The summed E-state index contributed by atoms with van der Waals surface area (Å²) >= 11 is 0. The molecule has 1 N–H and O–H groups in total. The van der Waals surface area contributed by atoms with Gasteiger partial charge >= 0.3 is 0 Å². The average Bonchev–Trinajstić information content (AvgIpc) is 2.82. The zero-order chi connectivity index (χ0) is 12.1. The van der Waals surface area contributed by atoms with Gasteiger partial charge in [-0.2, -0.15) is 0 Å². The SMILES string of the molecule is Cc1ccccc1NC(=O)CCc1cocn1. The summed E-state index contributed by atoms with van der Waals surface area (Å²) in [5, 5.41) is 2.88. The average molecular weight is 230 g/mol. The van der Waals surface area contributed by atoms with E-state index in [4.69, 9.17) is 4.42 Å². The normalized spacial score (nSPS) is 10.2. The van der Waals surface area contributed by atoms with Gasteiger partial charge in [0, 0.05) is 18.5 Å². The highest BCUT2D eigenvalue weighted by molar-refractivity contribution is 5.91. The molecule has 1 heterocycles. The van der Waals surface area contributed by atoms with Crippen molar-refractivity contribution in [2.24, 2.45) is 0 Å². The fourth-order valence-corrected chi connectivity index (χ4v) is 1.53. The van der Waals surface area contributed by atoms with E-state index in [9.17, 15) is 4.79 Å². The van der Waals surface area contributed by atoms with Crippen LogP contribution in [0.1, 0.15) is 17.7 Å². The smallest absolute Gasteiger partial charge is 0.224 e. The Kier molecular flexibility index (Phi) is 3.55. The van der Waals surface area contributed by atoms with Crippen molar-refractivity contribution in [3.8, 4) is 0 Å². The molecule has 0 aliphatic carbocycles. The first-order chi connectivity index (χ1) is 8.25. The Balaban J connectivity index is 1.87. The van der Waals surface area contributed by atoms with Crippen molar-refractivity contribution in [1.29, 1.82) is 0 Å². The summed E-state index contributed by atoms with van der Waals surface area (Å²) in [5.74, 6) is -0.0118. The maximum absolute atomic E-state index is 11.7. The van der Waals surface area contributed by atoms with Crippen LogP contribution in [-0.4, -0.2) is 10.9 Å². The van der Waals surface area contributed by atoms with Crippen LogP contribution in [0.2, 0.25) is 0 Å². The number of oxazole rings is 1. The lowest BCUT2D eigenvalue weighted by atomic mass is 10.2. The van der Waals surface area contributed by atoms with Gasteiger partial charge in [0.25, 0.3) is 0 Å². The number of anilines is 1. The molecule has 1 amide bonds. The molecule has 0 unspecified atom stereocenters. The maximum atomic E-state index is 11.7. The van der Waals surface area contributed by atoms with Gasteiger partial charge in [0.1, 0.15) is 6.26 Å². The molecule has 0 spiro atoms. The quantitative estimate of drug-likeness (QED) is 0.878. The van der Waals surface area contributed by atoms with Gasteiger partial charge in [-0.25, -0.2) is 4.98 Å². The van der Waals surface area contributed by atoms with Crippen LogP contribution in [0.25, 0.3) is 0 Å². The first kappa shape index (κ1) is 11.4. The molecule has 1 aromatic carbocycles. The van der Waals surface area contributed by atoms with Crippen LogP contribution < -0.4 is 5.32 Å². The molecule has 1 aromatic heterocycles. The number of benzene rings is 1. The molecule has 0 fully saturated rings. The standard InChI is InChI=1S/C13H14N2O2/c1-10-4-2-3-5-12(10)15-13(16)7-6-11-8-17-9-14-11/h2-5,8-9H,6-7H2,1H3,(H,15,16). The van der Waals surface area contributed by atoms with Gasteiger partial charge in [-0.1, -0.05) is 18.2 Å². The van der Waals surface area contributed by atoms with Crippen LogP contribution in [0.5, 0.6) is 0 Å². The zero-order valence-electron chi connectivity index (χ0n) is 9.64. The van der Waals surface area contributed by atoms with Crippen LogP contribution >= 0.6 is 0 Å². The molecule has 0 aliphatic heterocycles. The number of amides is 1. The molecule has 4 heteroatoms. The van der Waals surface area contributed by atoms with Crippen molar-refractivity contribution in [3.05, 3.63) is 48.2 Å². The lowest BCUT2D eigenvalue weighted by Crippen LogP contribution is -2.13. The van der Waals surface area contributed by atoms with E-state index in [-0.39, 0.29) is 5.91 Å². The third-order valence-electron chi connectivity index (χ3n) is 2.51. The van der Waals surface area contributed by atoms with E-state index in [2.05, 4.69) is 10.3 Å². The molecule has 2 rings (SSSR count). The molecule has 0 atom stereocenters. The minimum atomic E-state index is -0.0118. The first-order valence-corrected chi connectivity index (χ1v) is 5.48. The maximum Gasteiger partial charge on any atom is 0.224 e. The number of hydrogen-bond acceptors (Lipinski definition) is 3. The van der Waals surface area contributed by atoms with Gasteiger partial charge in [0.05, 0.1) is 5.69 Å². The number of para-hydroxylation sites is 1. The lowest BCUT2D eigenvalue weighted by molar-refractivity contribution is -0.116. The molecular formula is C13H14N2O2. The van der Waals surface area contributed by atoms with Gasteiger partial charge in [-0.3, -0.25) is 4.79 Å².